The molecule has 128 valence electrons. The molecule has 19 heavy (non-hydrogen) atoms. The second-order valence-electron chi connectivity index (χ2n) is 1.80. The molecule has 0 saturated heterocycles. The molecule has 0 saturated carbocycles. The van der Waals surface area contributed by atoms with Crippen molar-refractivity contribution in [2.24, 2.45) is 0 Å². The molecule has 0 aromatic rings. The van der Waals surface area contributed by atoms with Gasteiger partial charge in [-0.1, -0.05) is 0 Å². The minimum atomic E-state index is -4.61. The van der Waals surface area contributed by atoms with Crippen LogP contribution in [0.1, 0.15) is 0 Å². The van der Waals surface area contributed by atoms with Crippen molar-refractivity contribution in [1.82, 2.24) is 24.6 Å². The molecule has 0 unspecified atom stereocenters. The first kappa shape index (κ1) is 42.7. The highest BCUT2D eigenvalue weighted by Gasteiger charge is 2.23. The first-order valence-electron chi connectivity index (χ1n) is 2.68. The lowest BCUT2D eigenvalue weighted by Crippen LogP contribution is -2.33. The van der Waals surface area contributed by atoms with E-state index in [1.807, 2.05) is 0 Å². The van der Waals surface area contributed by atoms with E-state index in [0.717, 1.165) is 0 Å². The Morgan fingerprint density at radius 2 is 0.263 bits per heavy atom. The highest BCUT2D eigenvalue weighted by molar-refractivity contribution is 6.47. The summed E-state index contributed by atoms with van der Waals surface area (Å²) in [4.78, 5) is 87.9. The smallest absolute Gasteiger partial charge is 0.368 e. The van der Waals surface area contributed by atoms with E-state index in [1.165, 1.54) is 0 Å². The maximum atomic E-state index is 7.33. The molecule has 0 bridgehead atoms. The van der Waals surface area contributed by atoms with Gasteiger partial charge in [0.1, 0.15) is 0 Å². The standard InChI is InChI=1S/4H3N.3H4O4Si/c;;;;3*1-5(2,3)4/h4*1H3;3*1-4H. The van der Waals surface area contributed by atoms with E-state index < -0.39 is 27.1 Å². The highest BCUT2D eigenvalue weighted by atomic mass is 28.4. The zero-order chi connectivity index (χ0) is 13.5. The van der Waals surface area contributed by atoms with E-state index in [1.54, 1.807) is 0 Å². The summed E-state index contributed by atoms with van der Waals surface area (Å²) in [6.07, 6.45) is 0. The molecule has 0 fully saturated rings. The van der Waals surface area contributed by atoms with Crippen LogP contribution in [0.5, 0.6) is 0 Å². The fraction of sp³-hybridized carbons (Fsp3) is 0. The minimum absolute atomic E-state index is 0. The van der Waals surface area contributed by atoms with Crippen molar-refractivity contribution in [2.45, 2.75) is 0 Å². The van der Waals surface area contributed by atoms with Gasteiger partial charge in [-0.2, -0.15) is 0 Å². The largest absolute Gasteiger partial charge is 0.668 e. The van der Waals surface area contributed by atoms with Crippen molar-refractivity contribution in [3.8, 4) is 0 Å². The quantitative estimate of drug-likeness (QED) is 0.179. The van der Waals surface area contributed by atoms with Gasteiger partial charge in [0.15, 0.2) is 0 Å². The maximum Gasteiger partial charge on any atom is 0.668 e. The Kier molecular flexibility index (Phi) is 36.1. The van der Waals surface area contributed by atoms with E-state index >= 15 is 0 Å². The zero-order valence-corrected chi connectivity index (χ0v) is 12.7. The summed E-state index contributed by atoms with van der Waals surface area (Å²) in [5.74, 6) is 0. The van der Waals surface area contributed by atoms with Crippen molar-refractivity contribution >= 4 is 27.1 Å². The Hall–Kier alpha value is 0.0106. The average molecular weight is 356 g/mol. The monoisotopic (exact) mass is 356 g/mol. The van der Waals surface area contributed by atoms with Gasteiger partial charge >= 0.3 is 27.1 Å². The van der Waals surface area contributed by atoms with Crippen LogP contribution in [0, 0.1) is 0 Å². The first-order valence-corrected chi connectivity index (χ1v) is 8.05. The summed E-state index contributed by atoms with van der Waals surface area (Å²) >= 11 is 0. The summed E-state index contributed by atoms with van der Waals surface area (Å²) in [7, 11) is -13.8. The van der Waals surface area contributed by atoms with E-state index in [4.69, 9.17) is 57.5 Å². The first-order chi connectivity index (χ1) is 6.00. The highest BCUT2D eigenvalue weighted by Crippen LogP contribution is 1.68. The van der Waals surface area contributed by atoms with Gasteiger partial charge in [-0.3, -0.25) is 0 Å². The van der Waals surface area contributed by atoms with Crippen LogP contribution in [0.15, 0.2) is 0 Å². The van der Waals surface area contributed by atoms with Crippen molar-refractivity contribution < 1.29 is 57.5 Å². The molecular weight excluding hydrogens is 332 g/mol. The Balaban J connectivity index is -0.0000000206. The van der Waals surface area contributed by atoms with Crippen LogP contribution >= 0.6 is 0 Å². The fourth-order valence-electron chi connectivity index (χ4n) is 0. The SMILES string of the molecule is N.N.N.N.O[Si](O)(O)O.O[Si](O)(O)O.O[Si](O)(O)O. The van der Waals surface area contributed by atoms with E-state index in [-0.39, 0.29) is 24.6 Å². The van der Waals surface area contributed by atoms with Crippen LogP contribution in [0.3, 0.4) is 0 Å². The fourth-order valence-corrected chi connectivity index (χ4v) is 0. The van der Waals surface area contributed by atoms with Crippen LogP contribution in [0.2, 0.25) is 0 Å². The number of rotatable bonds is 0. The molecule has 0 radical (unpaired) electrons. The minimum Gasteiger partial charge on any atom is -0.368 e. The van der Waals surface area contributed by atoms with Gasteiger partial charge < -0.3 is 82.2 Å². The molecule has 24 N–H and O–H groups in total. The van der Waals surface area contributed by atoms with Gasteiger partial charge in [-0.25, -0.2) is 0 Å². The number of hydrogen-bond donors (Lipinski definition) is 16. The predicted octanol–water partition coefficient (Wildman–Crippen LogP) is -7.18. The predicted molar refractivity (Wildman–Crippen MR) is 64.0 cm³/mol. The lowest BCUT2D eigenvalue weighted by Gasteiger charge is -1.91. The summed E-state index contributed by atoms with van der Waals surface area (Å²) in [5.41, 5.74) is 0. The molecule has 0 heterocycles. The van der Waals surface area contributed by atoms with Gasteiger partial charge in [-0.05, 0) is 0 Å². The van der Waals surface area contributed by atoms with Crippen molar-refractivity contribution in [2.75, 3.05) is 0 Å². The molecule has 0 amide bonds. The molecule has 0 aliphatic rings. The van der Waals surface area contributed by atoms with Gasteiger partial charge in [0, 0.05) is 0 Å². The van der Waals surface area contributed by atoms with Gasteiger partial charge in [0.2, 0.25) is 0 Å². The molecule has 0 aromatic heterocycles. The second kappa shape index (κ2) is 16.1. The zero-order valence-electron chi connectivity index (χ0n) is 9.69. The summed E-state index contributed by atoms with van der Waals surface area (Å²) in [6, 6.07) is 0. The third-order valence-corrected chi connectivity index (χ3v) is 0. The summed E-state index contributed by atoms with van der Waals surface area (Å²) in [6.45, 7) is 0. The Bertz CT molecular complexity index is 100.0. The van der Waals surface area contributed by atoms with Crippen molar-refractivity contribution in [3.05, 3.63) is 0 Å². The number of hydrogen-bond acceptors (Lipinski definition) is 16. The third kappa shape index (κ3) is 40700000. The maximum absolute atomic E-state index is 7.33. The van der Waals surface area contributed by atoms with Crippen LogP contribution in [0.25, 0.3) is 0 Å². The summed E-state index contributed by atoms with van der Waals surface area (Å²) in [5, 5.41) is 0. The second-order valence-corrected chi connectivity index (χ2v) is 5.40. The molecule has 0 rings (SSSR count). The van der Waals surface area contributed by atoms with Crippen LogP contribution in [-0.2, 0) is 0 Å². The summed E-state index contributed by atoms with van der Waals surface area (Å²) < 4.78 is 0. The Morgan fingerprint density at radius 1 is 0.263 bits per heavy atom. The lowest BCUT2D eigenvalue weighted by atomic mass is 14.0. The lowest BCUT2D eigenvalue weighted by molar-refractivity contribution is 0.115. The van der Waals surface area contributed by atoms with E-state index in [2.05, 4.69) is 0 Å². The molecular formula is H24N4O12Si3. The van der Waals surface area contributed by atoms with Gasteiger partial charge in [-0.15, -0.1) is 0 Å². The van der Waals surface area contributed by atoms with Crippen LogP contribution < -0.4 is 24.6 Å². The molecule has 0 spiro atoms. The van der Waals surface area contributed by atoms with Crippen LogP contribution in [0.4, 0.5) is 0 Å². The van der Waals surface area contributed by atoms with Crippen LogP contribution in [-0.4, -0.2) is 84.7 Å². The van der Waals surface area contributed by atoms with E-state index in [9.17, 15) is 0 Å². The molecule has 16 nitrogen and oxygen atoms in total. The van der Waals surface area contributed by atoms with Crippen molar-refractivity contribution in [3.63, 3.8) is 0 Å². The normalized spacial score (nSPS) is 9.47. The Morgan fingerprint density at radius 3 is 0.263 bits per heavy atom. The molecule has 0 aliphatic carbocycles. The Labute approximate surface area is 110 Å². The van der Waals surface area contributed by atoms with E-state index in [0.29, 0.717) is 0 Å². The third-order valence-electron chi connectivity index (χ3n) is 0. The molecule has 19 heteroatoms. The molecule has 0 aromatic carbocycles. The topological polar surface area (TPSA) is 383 Å². The van der Waals surface area contributed by atoms with Crippen molar-refractivity contribution in [1.29, 1.82) is 0 Å². The average Bonchev–Trinajstić information content (AvgIpc) is 1.41. The molecule has 0 atom stereocenters. The van der Waals surface area contributed by atoms with Gasteiger partial charge in [0.05, 0.1) is 0 Å². The van der Waals surface area contributed by atoms with Gasteiger partial charge in [0.25, 0.3) is 0 Å². The molecule has 0 aliphatic heterocycles.